The molecule has 7 heteroatoms. The largest absolute Gasteiger partial charge is 0.399 e. The van der Waals surface area contributed by atoms with Gasteiger partial charge in [0.1, 0.15) is 0 Å². The molecule has 2 N–H and O–H groups in total. The zero-order valence-corrected chi connectivity index (χ0v) is 24.1. The molecule has 3 aromatic rings. The average molecular weight is 557 g/mol. The molecule has 6 nitrogen and oxygen atoms in total. The van der Waals surface area contributed by atoms with Crippen LogP contribution in [0.4, 0.5) is 11.4 Å². The molecule has 0 aromatic heterocycles. The number of anilines is 1. The first-order valence-electron chi connectivity index (χ1n) is 13.5. The fourth-order valence-corrected chi connectivity index (χ4v) is 6.63. The van der Waals surface area contributed by atoms with Gasteiger partial charge < -0.3 is 5.73 Å². The predicted octanol–water partition coefficient (Wildman–Crippen LogP) is 8.27. The molecule has 1 aliphatic rings. The Kier molecular flexibility index (Phi) is 8.45. The van der Waals surface area contributed by atoms with E-state index in [-0.39, 0.29) is 20.9 Å². The molecule has 0 spiro atoms. The summed E-state index contributed by atoms with van der Waals surface area (Å²) >= 11 is 0. The Morgan fingerprint density at radius 2 is 1.35 bits per heavy atom. The summed E-state index contributed by atoms with van der Waals surface area (Å²) in [5.74, 6) is 0.436. The Morgan fingerprint density at radius 3 is 1.80 bits per heavy atom. The smallest absolute Gasteiger partial charge is 0.269 e. The third-order valence-corrected chi connectivity index (χ3v) is 9.66. The molecule has 0 aliphatic heterocycles. The monoisotopic (exact) mass is 556 g/mol. The van der Waals surface area contributed by atoms with E-state index in [4.69, 9.17) is 5.73 Å². The normalized spacial score (nSPS) is 18.3. The SMILES string of the molecule is C=C1/C(=C/c2ccc(N)cc2)CC(C(C)(C)CCC)C/C1=C\c1ccc(S(=O)(=O)c2ccc([N+](=O)[O-])cc2)cc1. The van der Waals surface area contributed by atoms with Crippen LogP contribution >= 0.6 is 0 Å². The summed E-state index contributed by atoms with van der Waals surface area (Å²) in [5, 5.41) is 10.9. The second kappa shape index (κ2) is 11.6. The number of non-ortho nitro benzene ring substituents is 1. The molecule has 1 unspecified atom stereocenters. The van der Waals surface area contributed by atoms with Crippen molar-refractivity contribution in [2.75, 3.05) is 5.73 Å². The number of hydrogen-bond acceptors (Lipinski definition) is 5. The first kappa shape index (κ1) is 29.0. The molecule has 1 atom stereocenters. The van der Waals surface area contributed by atoms with Crippen LogP contribution in [0.5, 0.6) is 0 Å². The average Bonchev–Trinajstić information content (AvgIpc) is 2.92. The molecule has 1 aliphatic carbocycles. The van der Waals surface area contributed by atoms with Crippen LogP contribution in [-0.2, 0) is 9.84 Å². The minimum atomic E-state index is -3.80. The molecule has 4 rings (SSSR count). The van der Waals surface area contributed by atoms with Crippen molar-refractivity contribution in [2.45, 2.75) is 56.2 Å². The lowest BCUT2D eigenvalue weighted by Crippen LogP contribution is -2.28. The highest BCUT2D eigenvalue weighted by Crippen LogP contribution is 2.47. The lowest BCUT2D eigenvalue weighted by molar-refractivity contribution is -0.384. The number of rotatable bonds is 8. The van der Waals surface area contributed by atoms with E-state index in [9.17, 15) is 18.5 Å². The number of nitrogens with zero attached hydrogens (tertiary/aromatic N) is 1. The lowest BCUT2D eigenvalue weighted by atomic mass is 9.65. The Morgan fingerprint density at radius 1 is 0.900 bits per heavy atom. The van der Waals surface area contributed by atoms with Crippen molar-refractivity contribution < 1.29 is 13.3 Å². The minimum absolute atomic E-state index is 0.0170. The quantitative estimate of drug-likeness (QED) is 0.171. The van der Waals surface area contributed by atoms with Crippen molar-refractivity contribution in [1.29, 1.82) is 0 Å². The Balaban J connectivity index is 1.66. The van der Waals surface area contributed by atoms with E-state index in [0.717, 1.165) is 53.6 Å². The van der Waals surface area contributed by atoms with Gasteiger partial charge in [0.25, 0.3) is 5.69 Å². The first-order chi connectivity index (χ1) is 18.9. The van der Waals surface area contributed by atoms with Gasteiger partial charge in [-0.2, -0.15) is 0 Å². The van der Waals surface area contributed by atoms with Gasteiger partial charge in [0.05, 0.1) is 14.7 Å². The summed E-state index contributed by atoms with van der Waals surface area (Å²) in [6.07, 6.45) is 8.39. The van der Waals surface area contributed by atoms with Crippen LogP contribution in [-0.4, -0.2) is 13.3 Å². The van der Waals surface area contributed by atoms with Crippen molar-refractivity contribution in [2.24, 2.45) is 11.3 Å². The second-order valence-electron chi connectivity index (χ2n) is 11.2. The molecule has 0 amide bonds. The van der Waals surface area contributed by atoms with Crippen LogP contribution in [0.1, 0.15) is 57.6 Å². The highest BCUT2D eigenvalue weighted by atomic mass is 32.2. The number of allylic oxidation sites excluding steroid dienone is 3. The molecular formula is C33H36N2O4S. The van der Waals surface area contributed by atoms with Gasteiger partial charge in [0.15, 0.2) is 0 Å². The van der Waals surface area contributed by atoms with Crippen molar-refractivity contribution >= 4 is 33.4 Å². The number of nitrogens with two attached hydrogens (primary N) is 1. The molecule has 1 saturated carbocycles. The maximum Gasteiger partial charge on any atom is 0.269 e. The highest BCUT2D eigenvalue weighted by Gasteiger charge is 2.34. The summed E-state index contributed by atoms with van der Waals surface area (Å²) < 4.78 is 26.2. The van der Waals surface area contributed by atoms with E-state index >= 15 is 0 Å². The number of nitro benzene ring substituents is 1. The molecule has 0 saturated heterocycles. The molecule has 0 radical (unpaired) electrons. The van der Waals surface area contributed by atoms with Crippen LogP contribution in [0.15, 0.2) is 106 Å². The van der Waals surface area contributed by atoms with E-state index in [2.05, 4.69) is 39.5 Å². The van der Waals surface area contributed by atoms with Crippen LogP contribution in [0.3, 0.4) is 0 Å². The molecule has 208 valence electrons. The molecular weight excluding hydrogens is 520 g/mol. The van der Waals surface area contributed by atoms with Crippen molar-refractivity contribution in [3.05, 3.63) is 117 Å². The number of hydrogen-bond donors (Lipinski definition) is 1. The summed E-state index contributed by atoms with van der Waals surface area (Å²) in [6.45, 7) is 11.4. The van der Waals surface area contributed by atoms with Crippen LogP contribution in [0, 0.1) is 21.4 Å². The van der Waals surface area contributed by atoms with Gasteiger partial charge in [0, 0.05) is 17.8 Å². The fourth-order valence-electron chi connectivity index (χ4n) is 5.37. The van der Waals surface area contributed by atoms with E-state index in [1.54, 1.807) is 24.3 Å². The zero-order chi connectivity index (χ0) is 29.1. The maximum atomic E-state index is 13.1. The topological polar surface area (TPSA) is 103 Å². The third kappa shape index (κ3) is 6.42. The number of nitrogen functional groups attached to an aromatic ring is 1. The zero-order valence-electron chi connectivity index (χ0n) is 23.3. The number of benzene rings is 3. The Labute approximate surface area is 237 Å². The maximum absolute atomic E-state index is 13.1. The molecule has 3 aromatic carbocycles. The molecule has 40 heavy (non-hydrogen) atoms. The minimum Gasteiger partial charge on any atom is -0.399 e. The van der Waals surface area contributed by atoms with Crippen molar-refractivity contribution in [3.63, 3.8) is 0 Å². The lowest BCUT2D eigenvalue weighted by Gasteiger charge is -2.40. The van der Waals surface area contributed by atoms with Crippen LogP contribution in [0.25, 0.3) is 12.2 Å². The van der Waals surface area contributed by atoms with E-state index in [1.807, 2.05) is 24.3 Å². The van der Waals surface area contributed by atoms with Crippen molar-refractivity contribution in [1.82, 2.24) is 0 Å². The van der Waals surface area contributed by atoms with Gasteiger partial charge in [-0.05, 0) is 94.8 Å². The van der Waals surface area contributed by atoms with Crippen LogP contribution < -0.4 is 5.73 Å². The van der Waals surface area contributed by atoms with E-state index < -0.39 is 14.8 Å². The Bertz CT molecular complexity index is 1560. The van der Waals surface area contributed by atoms with E-state index in [0.29, 0.717) is 5.92 Å². The summed E-state index contributed by atoms with van der Waals surface area (Å²) in [4.78, 5) is 10.5. The van der Waals surface area contributed by atoms with Gasteiger partial charge in [-0.1, -0.05) is 70.2 Å². The van der Waals surface area contributed by atoms with Gasteiger partial charge in [-0.3, -0.25) is 10.1 Å². The van der Waals surface area contributed by atoms with Crippen LogP contribution in [0.2, 0.25) is 0 Å². The second-order valence-corrected chi connectivity index (χ2v) is 13.1. The highest BCUT2D eigenvalue weighted by molar-refractivity contribution is 7.91. The van der Waals surface area contributed by atoms with E-state index in [1.165, 1.54) is 29.8 Å². The third-order valence-electron chi connectivity index (χ3n) is 7.87. The Hall–Kier alpha value is -3.97. The molecule has 1 fully saturated rings. The summed E-state index contributed by atoms with van der Waals surface area (Å²) in [5.41, 5.74) is 11.9. The number of nitro groups is 1. The van der Waals surface area contributed by atoms with Crippen molar-refractivity contribution in [3.8, 4) is 0 Å². The van der Waals surface area contributed by atoms with Gasteiger partial charge >= 0.3 is 0 Å². The molecule has 0 heterocycles. The van der Waals surface area contributed by atoms with Gasteiger partial charge in [0.2, 0.25) is 9.84 Å². The van der Waals surface area contributed by atoms with Gasteiger partial charge in [-0.15, -0.1) is 0 Å². The van der Waals surface area contributed by atoms with Gasteiger partial charge in [-0.25, -0.2) is 8.42 Å². The molecule has 0 bridgehead atoms. The fraction of sp³-hybridized carbons (Fsp3) is 0.273. The summed E-state index contributed by atoms with van der Waals surface area (Å²) in [6, 6.07) is 19.5. The predicted molar refractivity (Wildman–Crippen MR) is 162 cm³/mol. The summed E-state index contributed by atoms with van der Waals surface area (Å²) in [7, 11) is -3.80. The number of sulfone groups is 1. The standard InChI is InChI=1S/C33H36N2O4S/c1-5-18-33(3,4)28-21-26(19-24-6-10-29(34)11-7-24)23(2)27(22-28)20-25-8-14-31(15-9-25)40(38,39)32-16-12-30(13-17-32)35(36)37/h6-17,19-20,28H,2,5,18,21-22,34H2,1,3-4H3/b26-19+,27-20+. The first-order valence-corrected chi connectivity index (χ1v) is 14.9.